The minimum atomic E-state index is -3.75. The third kappa shape index (κ3) is 3.22. The molecular weight excluding hydrogens is 284 g/mol. The molecular formula is C14H11ClO3S. The van der Waals surface area contributed by atoms with E-state index in [9.17, 15) is 13.2 Å². The summed E-state index contributed by atoms with van der Waals surface area (Å²) in [7, 11) is 1.46. The van der Waals surface area contributed by atoms with Gasteiger partial charge in [-0.2, -0.15) is 0 Å². The first-order chi connectivity index (χ1) is 8.88. The zero-order valence-electron chi connectivity index (χ0n) is 10.1. The van der Waals surface area contributed by atoms with E-state index in [0.29, 0.717) is 11.1 Å². The number of halogens is 1. The van der Waals surface area contributed by atoms with E-state index in [1.807, 2.05) is 19.1 Å². The van der Waals surface area contributed by atoms with Crippen molar-refractivity contribution >= 4 is 25.5 Å². The van der Waals surface area contributed by atoms with Crippen LogP contribution in [-0.2, 0) is 9.05 Å². The van der Waals surface area contributed by atoms with Gasteiger partial charge in [0.25, 0.3) is 9.05 Å². The van der Waals surface area contributed by atoms with Gasteiger partial charge in [0, 0.05) is 21.8 Å². The number of hydrogen-bond acceptors (Lipinski definition) is 3. The molecule has 0 aliphatic heterocycles. The highest BCUT2D eigenvalue weighted by Gasteiger charge is 2.12. The van der Waals surface area contributed by atoms with Crippen molar-refractivity contribution in [2.24, 2.45) is 0 Å². The SMILES string of the molecule is Cc1ccc(C(=O)c2ccc(S(=O)(=O)Cl)cc2)cc1. The fourth-order valence-electron chi connectivity index (χ4n) is 1.64. The number of rotatable bonds is 3. The zero-order valence-corrected chi connectivity index (χ0v) is 11.7. The molecule has 0 aliphatic rings. The zero-order chi connectivity index (χ0) is 14.0. The lowest BCUT2D eigenvalue weighted by Gasteiger charge is -2.03. The number of carbonyl (C=O) groups excluding carboxylic acids is 1. The molecule has 0 aliphatic carbocycles. The Morgan fingerprint density at radius 2 is 1.32 bits per heavy atom. The molecule has 0 atom stereocenters. The summed E-state index contributed by atoms with van der Waals surface area (Å²) < 4.78 is 22.2. The first-order valence-electron chi connectivity index (χ1n) is 5.54. The molecule has 0 saturated carbocycles. The second-order valence-corrected chi connectivity index (χ2v) is 6.72. The van der Waals surface area contributed by atoms with E-state index < -0.39 is 9.05 Å². The average Bonchev–Trinajstić information content (AvgIpc) is 2.38. The van der Waals surface area contributed by atoms with E-state index in [2.05, 4.69) is 0 Å². The lowest BCUT2D eigenvalue weighted by atomic mass is 10.0. The van der Waals surface area contributed by atoms with Crippen molar-refractivity contribution in [1.29, 1.82) is 0 Å². The Morgan fingerprint density at radius 3 is 1.74 bits per heavy atom. The third-order valence-electron chi connectivity index (χ3n) is 2.71. The standard InChI is InChI=1S/C14H11ClO3S/c1-10-2-4-11(5-3-10)14(16)12-6-8-13(9-7-12)19(15,17)18/h2-9H,1H3. The van der Waals surface area contributed by atoms with Crippen LogP contribution in [0.5, 0.6) is 0 Å². The second kappa shape index (κ2) is 5.15. The van der Waals surface area contributed by atoms with Gasteiger partial charge in [-0.3, -0.25) is 4.79 Å². The number of carbonyl (C=O) groups is 1. The molecule has 0 unspecified atom stereocenters. The molecule has 0 bridgehead atoms. The lowest BCUT2D eigenvalue weighted by molar-refractivity contribution is 0.103. The van der Waals surface area contributed by atoms with Gasteiger partial charge in [0.05, 0.1) is 4.90 Å². The fraction of sp³-hybridized carbons (Fsp3) is 0.0714. The molecule has 19 heavy (non-hydrogen) atoms. The van der Waals surface area contributed by atoms with Crippen molar-refractivity contribution in [2.45, 2.75) is 11.8 Å². The Morgan fingerprint density at radius 1 is 0.895 bits per heavy atom. The second-order valence-electron chi connectivity index (χ2n) is 4.16. The molecule has 2 aromatic carbocycles. The predicted molar refractivity (Wildman–Crippen MR) is 74.1 cm³/mol. The topological polar surface area (TPSA) is 51.2 Å². The highest BCUT2D eigenvalue weighted by Crippen LogP contribution is 2.17. The Hall–Kier alpha value is -1.65. The molecule has 0 heterocycles. The van der Waals surface area contributed by atoms with E-state index in [4.69, 9.17) is 10.7 Å². The highest BCUT2D eigenvalue weighted by atomic mass is 35.7. The van der Waals surface area contributed by atoms with Gasteiger partial charge in [-0.25, -0.2) is 8.42 Å². The van der Waals surface area contributed by atoms with Crippen LogP contribution in [0, 0.1) is 6.92 Å². The summed E-state index contributed by atoms with van der Waals surface area (Å²) in [4.78, 5) is 12.1. The van der Waals surface area contributed by atoms with Gasteiger partial charge in [-0.1, -0.05) is 29.8 Å². The van der Waals surface area contributed by atoms with Crippen LogP contribution in [0.1, 0.15) is 21.5 Å². The number of hydrogen-bond donors (Lipinski definition) is 0. The van der Waals surface area contributed by atoms with Gasteiger partial charge in [0.15, 0.2) is 5.78 Å². The van der Waals surface area contributed by atoms with Gasteiger partial charge in [0.2, 0.25) is 0 Å². The predicted octanol–water partition coefficient (Wildman–Crippen LogP) is 3.15. The summed E-state index contributed by atoms with van der Waals surface area (Å²) in [5.41, 5.74) is 2.06. The van der Waals surface area contributed by atoms with Crippen LogP contribution in [0.2, 0.25) is 0 Å². The molecule has 0 fully saturated rings. The Bertz CT molecular complexity index is 701. The van der Waals surface area contributed by atoms with Gasteiger partial charge in [-0.15, -0.1) is 0 Å². The smallest absolute Gasteiger partial charge is 0.261 e. The molecule has 2 rings (SSSR count). The molecule has 0 spiro atoms. The van der Waals surface area contributed by atoms with Crippen LogP contribution in [0.25, 0.3) is 0 Å². The van der Waals surface area contributed by atoms with Crippen LogP contribution in [-0.4, -0.2) is 14.2 Å². The van der Waals surface area contributed by atoms with Crippen LogP contribution in [0.3, 0.4) is 0 Å². The molecule has 98 valence electrons. The number of ketones is 1. The van der Waals surface area contributed by atoms with Crippen molar-refractivity contribution in [1.82, 2.24) is 0 Å². The maximum Gasteiger partial charge on any atom is 0.261 e. The Labute approximate surface area is 116 Å². The van der Waals surface area contributed by atoms with Crippen LogP contribution >= 0.6 is 10.7 Å². The van der Waals surface area contributed by atoms with Crippen LogP contribution in [0.15, 0.2) is 53.4 Å². The molecule has 2 aromatic rings. The normalized spacial score (nSPS) is 11.3. The van der Waals surface area contributed by atoms with E-state index >= 15 is 0 Å². The molecule has 0 aromatic heterocycles. The van der Waals surface area contributed by atoms with E-state index in [1.54, 1.807) is 12.1 Å². The summed E-state index contributed by atoms with van der Waals surface area (Å²) in [6, 6.07) is 12.7. The van der Waals surface area contributed by atoms with Gasteiger partial charge in [-0.05, 0) is 31.2 Å². The fourth-order valence-corrected chi connectivity index (χ4v) is 2.41. The maximum absolute atomic E-state index is 12.1. The Balaban J connectivity index is 2.32. The summed E-state index contributed by atoms with van der Waals surface area (Å²) in [6.07, 6.45) is 0. The van der Waals surface area contributed by atoms with E-state index in [0.717, 1.165) is 5.56 Å². The molecule has 0 N–H and O–H groups in total. The first-order valence-corrected chi connectivity index (χ1v) is 7.85. The monoisotopic (exact) mass is 294 g/mol. The van der Waals surface area contributed by atoms with Gasteiger partial charge >= 0.3 is 0 Å². The lowest BCUT2D eigenvalue weighted by Crippen LogP contribution is -2.01. The van der Waals surface area contributed by atoms with E-state index in [1.165, 1.54) is 24.3 Å². The summed E-state index contributed by atoms with van der Waals surface area (Å²) in [6.45, 7) is 1.94. The molecule has 0 saturated heterocycles. The quantitative estimate of drug-likeness (QED) is 0.645. The largest absolute Gasteiger partial charge is 0.289 e. The van der Waals surface area contributed by atoms with Crippen molar-refractivity contribution in [3.8, 4) is 0 Å². The molecule has 0 radical (unpaired) electrons. The number of aryl methyl sites for hydroxylation is 1. The third-order valence-corrected chi connectivity index (χ3v) is 4.08. The molecule has 3 nitrogen and oxygen atoms in total. The van der Waals surface area contributed by atoms with Crippen molar-refractivity contribution in [3.63, 3.8) is 0 Å². The summed E-state index contributed by atoms with van der Waals surface area (Å²) in [5.74, 6) is -0.154. The number of benzene rings is 2. The Kier molecular flexibility index (Phi) is 3.73. The van der Waals surface area contributed by atoms with Crippen molar-refractivity contribution < 1.29 is 13.2 Å². The molecule has 0 amide bonds. The summed E-state index contributed by atoms with van der Waals surface area (Å²) in [5, 5.41) is 0. The minimum absolute atomic E-state index is 0.0189. The van der Waals surface area contributed by atoms with Gasteiger partial charge < -0.3 is 0 Å². The summed E-state index contributed by atoms with van der Waals surface area (Å²) >= 11 is 0. The average molecular weight is 295 g/mol. The van der Waals surface area contributed by atoms with Crippen molar-refractivity contribution in [3.05, 3.63) is 65.2 Å². The molecule has 5 heteroatoms. The van der Waals surface area contributed by atoms with Crippen LogP contribution in [0.4, 0.5) is 0 Å². The van der Waals surface area contributed by atoms with E-state index in [-0.39, 0.29) is 10.7 Å². The maximum atomic E-state index is 12.1. The highest BCUT2D eigenvalue weighted by molar-refractivity contribution is 8.13. The first kappa shape index (κ1) is 13.8. The van der Waals surface area contributed by atoms with Gasteiger partial charge in [0.1, 0.15) is 0 Å². The minimum Gasteiger partial charge on any atom is -0.289 e. The van der Waals surface area contributed by atoms with Crippen molar-refractivity contribution in [2.75, 3.05) is 0 Å². The van der Waals surface area contributed by atoms with Crippen LogP contribution < -0.4 is 0 Å².